The van der Waals surface area contributed by atoms with Crippen LogP contribution in [0.4, 0.5) is 0 Å². The number of aliphatic hydroxyl groups excluding tert-OH is 2. The quantitative estimate of drug-likeness (QED) is 0.359. The van der Waals surface area contributed by atoms with Crippen LogP contribution in [0, 0.1) is 0 Å². The van der Waals surface area contributed by atoms with Gasteiger partial charge in [0.05, 0.1) is 25.9 Å². The van der Waals surface area contributed by atoms with Gasteiger partial charge < -0.3 is 19.7 Å². The molecule has 0 radical (unpaired) electrons. The van der Waals surface area contributed by atoms with Gasteiger partial charge in [-0.3, -0.25) is 4.90 Å². The van der Waals surface area contributed by atoms with Crippen LogP contribution < -0.4 is 0 Å². The molecule has 5 nitrogen and oxygen atoms in total. The second-order valence-corrected chi connectivity index (χ2v) is 10.3. The monoisotopic (exact) mass is 559 g/mol. The van der Waals surface area contributed by atoms with Gasteiger partial charge >= 0.3 is 0 Å². The van der Waals surface area contributed by atoms with Crippen molar-refractivity contribution < 1.29 is 19.7 Å². The van der Waals surface area contributed by atoms with Crippen molar-refractivity contribution in [1.82, 2.24) is 4.90 Å². The fourth-order valence-corrected chi connectivity index (χ4v) is 4.93. The molecule has 2 N–H and O–H groups in total. The number of aliphatic hydroxyl groups is 2. The molecule has 1 unspecified atom stereocenters. The molecule has 1 aliphatic heterocycles. The summed E-state index contributed by atoms with van der Waals surface area (Å²) in [4.78, 5) is 2.13. The average molecular weight is 561 g/mol. The molecule has 3 aromatic carbocycles. The summed E-state index contributed by atoms with van der Waals surface area (Å²) in [5.41, 5.74) is 2.47. The predicted molar refractivity (Wildman–Crippen MR) is 141 cm³/mol. The second-order valence-electron chi connectivity index (χ2n) is 8.94. The third kappa shape index (κ3) is 6.92. The van der Waals surface area contributed by atoms with Crippen molar-refractivity contribution in [3.8, 4) is 0 Å². The van der Waals surface area contributed by atoms with Crippen molar-refractivity contribution in [2.75, 3.05) is 26.2 Å². The van der Waals surface area contributed by atoms with Gasteiger partial charge in [-0.1, -0.05) is 82.1 Å². The van der Waals surface area contributed by atoms with Crippen molar-refractivity contribution in [3.63, 3.8) is 0 Å². The molecule has 0 amide bonds. The third-order valence-electron chi connectivity index (χ3n) is 6.46. The van der Waals surface area contributed by atoms with E-state index in [2.05, 4.69) is 33.0 Å². The largest absolute Gasteiger partial charge is 0.394 e. The summed E-state index contributed by atoms with van der Waals surface area (Å²) in [6.45, 7) is 2.24. The minimum Gasteiger partial charge on any atom is -0.394 e. The maximum absolute atomic E-state index is 10.1. The van der Waals surface area contributed by atoms with E-state index < -0.39 is 11.7 Å². The zero-order valence-electron chi connectivity index (χ0n) is 19.5. The first-order valence-corrected chi connectivity index (χ1v) is 13.0. The van der Waals surface area contributed by atoms with E-state index in [0.29, 0.717) is 44.3 Å². The highest BCUT2D eigenvalue weighted by molar-refractivity contribution is 9.10. The molecule has 0 bridgehead atoms. The predicted octanol–water partition coefficient (Wildman–Crippen LogP) is 5.16. The van der Waals surface area contributed by atoms with E-state index in [-0.39, 0.29) is 12.7 Å². The maximum atomic E-state index is 10.1. The number of halogens is 2. The van der Waals surface area contributed by atoms with Gasteiger partial charge in [0.25, 0.3) is 0 Å². The highest BCUT2D eigenvalue weighted by Gasteiger charge is 2.46. The normalized spacial score (nSPS) is 21.7. The van der Waals surface area contributed by atoms with Gasteiger partial charge in [0.1, 0.15) is 11.7 Å². The number of hydrogen-bond donors (Lipinski definition) is 2. The minimum atomic E-state index is -0.796. The highest BCUT2D eigenvalue weighted by Crippen LogP contribution is 2.40. The molecule has 1 saturated heterocycles. The zero-order chi connectivity index (χ0) is 24.7. The lowest BCUT2D eigenvalue weighted by atomic mass is 9.81. The molecule has 35 heavy (non-hydrogen) atoms. The smallest absolute Gasteiger partial charge is 0.122 e. The average Bonchev–Trinajstić information content (AvgIpc) is 2.89. The van der Waals surface area contributed by atoms with Crippen molar-refractivity contribution in [1.29, 1.82) is 0 Å². The Morgan fingerprint density at radius 3 is 2.34 bits per heavy atom. The van der Waals surface area contributed by atoms with E-state index in [1.165, 1.54) is 0 Å². The Bertz CT molecular complexity index is 1050. The van der Waals surface area contributed by atoms with Crippen LogP contribution in [0.25, 0.3) is 0 Å². The lowest BCUT2D eigenvalue weighted by Gasteiger charge is -2.48. The van der Waals surface area contributed by atoms with Crippen molar-refractivity contribution in [2.24, 2.45) is 0 Å². The van der Waals surface area contributed by atoms with Gasteiger partial charge in [0, 0.05) is 29.1 Å². The number of benzene rings is 3. The van der Waals surface area contributed by atoms with Crippen molar-refractivity contribution in [2.45, 2.75) is 37.4 Å². The van der Waals surface area contributed by atoms with Crippen LogP contribution in [-0.4, -0.2) is 53.6 Å². The molecule has 1 heterocycles. The van der Waals surface area contributed by atoms with E-state index in [1.54, 1.807) is 0 Å². The van der Waals surface area contributed by atoms with Gasteiger partial charge in [-0.05, 0) is 47.4 Å². The Morgan fingerprint density at radius 2 is 1.66 bits per heavy atom. The molecule has 7 heteroatoms. The standard InChI is InChI=1S/C28H31BrClNO4/c29-24-10-6-22(7-11-24)19-34-27-17-31(16-26(33)18-32)15-14-28(27,23-8-12-25(30)13-9-23)35-20-21-4-2-1-3-5-21/h1-13,26-27,32-33H,14-20H2/t26?,27-,28-/m1/s1. The van der Waals surface area contributed by atoms with Gasteiger partial charge in [-0.15, -0.1) is 0 Å². The van der Waals surface area contributed by atoms with Gasteiger partial charge in [0.2, 0.25) is 0 Å². The van der Waals surface area contributed by atoms with Gasteiger partial charge in [-0.2, -0.15) is 0 Å². The fourth-order valence-electron chi connectivity index (χ4n) is 4.54. The van der Waals surface area contributed by atoms with Crippen LogP contribution in [0.2, 0.25) is 5.02 Å². The summed E-state index contributed by atoms with van der Waals surface area (Å²) in [6.07, 6.45) is -0.434. The zero-order valence-corrected chi connectivity index (χ0v) is 21.9. The molecule has 4 rings (SSSR count). The van der Waals surface area contributed by atoms with Crippen LogP contribution in [0.5, 0.6) is 0 Å². The number of hydrogen-bond acceptors (Lipinski definition) is 5. The molecule has 0 saturated carbocycles. The van der Waals surface area contributed by atoms with Crippen LogP contribution in [-0.2, 0) is 28.3 Å². The first-order valence-electron chi connectivity index (χ1n) is 11.8. The summed E-state index contributed by atoms with van der Waals surface area (Å²) in [7, 11) is 0. The molecule has 0 aliphatic carbocycles. The number of piperidine rings is 1. The highest BCUT2D eigenvalue weighted by atomic mass is 79.9. The topological polar surface area (TPSA) is 62.2 Å². The van der Waals surface area contributed by atoms with Crippen LogP contribution in [0.15, 0.2) is 83.3 Å². The summed E-state index contributed by atoms with van der Waals surface area (Å²) < 4.78 is 14.4. The van der Waals surface area contributed by atoms with Gasteiger partial charge in [0.15, 0.2) is 0 Å². The minimum absolute atomic E-state index is 0.270. The lowest BCUT2D eigenvalue weighted by Crippen LogP contribution is -2.57. The van der Waals surface area contributed by atoms with Crippen LogP contribution in [0.3, 0.4) is 0 Å². The molecule has 3 aromatic rings. The molecule has 186 valence electrons. The van der Waals surface area contributed by atoms with Crippen LogP contribution in [0.1, 0.15) is 23.1 Å². The summed E-state index contributed by atoms with van der Waals surface area (Å²) in [6, 6.07) is 26.0. The Labute approximate surface area is 220 Å². The van der Waals surface area contributed by atoms with E-state index in [1.807, 2.05) is 66.7 Å². The number of nitrogens with zero attached hydrogens (tertiary/aromatic N) is 1. The lowest BCUT2D eigenvalue weighted by molar-refractivity contribution is -0.195. The maximum Gasteiger partial charge on any atom is 0.122 e. The van der Waals surface area contributed by atoms with Crippen LogP contribution >= 0.6 is 27.5 Å². The van der Waals surface area contributed by atoms with E-state index in [4.69, 9.17) is 21.1 Å². The Morgan fingerprint density at radius 1 is 0.971 bits per heavy atom. The number of rotatable bonds is 10. The number of ether oxygens (including phenoxy) is 2. The third-order valence-corrected chi connectivity index (χ3v) is 7.24. The molecule has 0 spiro atoms. The molecular formula is C28H31BrClNO4. The first-order chi connectivity index (χ1) is 17.0. The second kappa shape index (κ2) is 12.5. The Kier molecular flexibility index (Phi) is 9.36. The number of β-amino-alcohol motifs (C(OH)–C–C–N with tert-alkyl or cyclic N) is 1. The SMILES string of the molecule is OCC(O)CN1CC[C@@](OCc2ccccc2)(c2ccc(Cl)cc2)[C@H](OCc2ccc(Br)cc2)C1. The fraction of sp³-hybridized carbons (Fsp3) is 0.357. The van der Waals surface area contributed by atoms with Crippen molar-refractivity contribution >= 4 is 27.5 Å². The molecular weight excluding hydrogens is 530 g/mol. The molecule has 1 aliphatic rings. The van der Waals surface area contributed by atoms with E-state index >= 15 is 0 Å². The van der Waals surface area contributed by atoms with E-state index in [9.17, 15) is 10.2 Å². The Hall–Kier alpha value is -1.77. The number of likely N-dealkylation sites (tertiary alicyclic amines) is 1. The van der Waals surface area contributed by atoms with Crippen molar-refractivity contribution in [3.05, 3.63) is 105 Å². The Balaban J connectivity index is 1.64. The first kappa shape index (κ1) is 26.3. The molecule has 0 aromatic heterocycles. The molecule has 3 atom stereocenters. The summed E-state index contributed by atoms with van der Waals surface area (Å²) in [5, 5.41) is 20.1. The van der Waals surface area contributed by atoms with Gasteiger partial charge in [-0.25, -0.2) is 0 Å². The molecule has 1 fully saturated rings. The van der Waals surface area contributed by atoms with E-state index in [0.717, 1.165) is 21.2 Å². The summed E-state index contributed by atoms with van der Waals surface area (Å²) in [5.74, 6) is 0. The summed E-state index contributed by atoms with van der Waals surface area (Å²) >= 11 is 9.71.